The maximum atomic E-state index is 12.0. The van der Waals surface area contributed by atoms with E-state index in [2.05, 4.69) is 10.3 Å². The van der Waals surface area contributed by atoms with Gasteiger partial charge in [-0.2, -0.15) is 0 Å². The number of amides is 1. The summed E-state index contributed by atoms with van der Waals surface area (Å²) in [5.41, 5.74) is 2.54. The van der Waals surface area contributed by atoms with Crippen LogP contribution in [-0.2, 0) is 17.8 Å². The Hall–Kier alpha value is -2.60. The summed E-state index contributed by atoms with van der Waals surface area (Å²) in [6.07, 6.45) is 0.307. The lowest BCUT2D eigenvalue weighted by atomic mass is 10.1. The van der Waals surface area contributed by atoms with Gasteiger partial charge < -0.3 is 15.4 Å². The van der Waals surface area contributed by atoms with Gasteiger partial charge in [0.25, 0.3) is 0 Å². The molecule has 0 unspecified atom stereocenters. The highest BCUT2D eigenvalue weighted by molar-refractivity contribution is 7.10. The van der Waals surface area contributed by atoms with Gasteiger partial charge in [0.05, 0.1) is 6.42 Å². The number of carboxylic acids is 1. The number of carbonyl (C=O) groups excluding carboxylic acids is 1. The number of aromatic carboxylic acids is 1. The van der Waals surface area contributed by atoms with Crippen molar-refractivity contribution in [2.45, 2.75) is 19.9 Å². The van der Waals surface area contributed by atoms with Crippen molar-refractivity contribution < 1.29 is 14.7 Å². The monoisotopic (exact) mass is 328 g/mol. The molecule has 0 fully saturated rings. The summed E-state index contributed by atoms with van der Waals surface area (Å²) in [5, 5.41) is 14.9. The molecule has 0 aliphatic carbocycles. The van der Waals surface area contributed by atoms with Crippen LogP contribution in [0.25, 0.3) is 10.9 Å². The molecular formula is C17H16N2O3S. The molecule has 0 saturated carbocycles. The molecule has 1 amide bonds. The Bertz CT molecular complexity index is 865. The molecule has 3 aromatic rings. The Kier molecular flexibility index (Phi) is 4.16. The van der Waals surface area contributed by atoms with Gasteiger partial charge in [-0.25, -0.2) is 4.79 Å². The van der Waals surface area contributed by atoms with Crippen LogP contribution in [0.15, 0.2) is 35.7 Å². The van der Waals surface area contributed by atoms with E-state index in [9.17, 15) is 14.7 Å². The van der Waals surface area contributed by atoms with Gasteiger partial charge in [-0.1, -0.05) is 17.7 Å². The largest absolute Gasteiger partial charge is 0.477 e. The highest BCUT2D eigenvalue weighted by Crippen LogP contribution is 2.24. The first kappa shape index (κ1) is 15.3. The Balaban J connectivity index is 1.83. The van der Waals surface area contributed by atoms with E-state index in [0.29, 0.717) is 12.0 Å². The van der Waals surface area contributed by atoms with Gasteiger partial charge in [0.1, 0.15) is 5.69 Å². The molecule has 2 aromatic heterocycles. The fourth-order valence-electron chi connectivity index (χ4n) is 2.55. The standard InChI is InChI=1S/C17H16N2O3S/c1-10-4-5-14-12(7-10)13(16(19-14)17(21)22)9-18-15(20)8-11-3-2-6-23-11/h2-7,19H,8-9H2,1H3,(H,18,20)(H,21,22). The number of aromatic amines is 1. The van der Waals surface area contributed by atoms with Crippen LogP contribution in [-0.4, -0.2) is 22.0 Å². The summed E-state index contributed by atoms with van der Waals surface area (Å²) in [7, 11) is 0. The van der Waals surface area contributed by atoms with Crippen LogP contribution < -0.4 is 5.32 Å². The van der Waals surface area contributed by atoms with Crippen LogP contribution in [0.2, 0.25) is 0 Å². The predicted molar refractivity (Wildman–Crippen MR) is 89.9 cm³/mol. The first-order valence-corrected chi connectivity index (χ1v) is 8.06. The smallest absolute Gasteiger partial charge is 0.352 e. The summed E-state index contributed by atoms with van der Waals surface area (Å²) < 4.78 is 0. The van der Waals surface area contributed by atoms with Crippen molar-refractivity contribution in [1.29, 1.82) is 0 Å². The minimum absolute atomic E-state index is 0.120. The Morgan fingerprint density at radius 3 is 2.83 bits per heavy atom. The molecule has 2 heterocycles. The van der Waals surface area contributed by atoms with Crippen molar-refractivity contribution in [3.8, 4) is 0 Å². The molecule has 118 valence electrons. The number of carbonyl (C=O) groups is 2. The highest BCUT2D eigenvalue weighted by Gasteiger charge is 2.17. The molecule has 3 N–H and O–H groups in total. The van der Waals surface area contributed by atoms with Gasteiger partial charge in [0, 0.05) is 27.9 Å². The predicted octanol–water partition coefficient (Wildman–Crippen LogP) is 3.09. The molecule has 5 nitrogen and oxygen atoms in total. The Labute approximate surface area is 137 Å². The molecule has 0 aliphatic rings. The van der Waals surface area contributed by atoms with Gasteiger partial charge >= 0.3 is 5.97 Å². The van der Waals surface area contributed by atoms with Gasteiger partial charge in [-0.05, 0) is 30.5 Å². The maximum absolute atomic E-state index is 12.0. The van der Waals surface area contributed by atoms with Gasteiger partial charge in [0.15, 0.2) is 0 Å². The molecule has 0 spiro atoms. The maximum Gasteiger partial charge on any atom is 0.352 e. The molecule has 6 heteroatoms. The number of rotatable bonds is 5. The van der Waals surface area contributed by atoms with Crippen molar-refractivity contribution in [2.75, 3.05) is 0 Å². The fraction of sp³-hybridized carbons (Fsp3) is 0.176. The average Bonchev–Trinajstić information content (AvgIpc) is 3.12. The van der Waals surface area contributed by atoms with E-state index < -0.39 is 5.97 Å². The summed E-state index contributed by atoms with van der Waals surface area (Å²) in [4.78, 5) is 27.4. The van der Waals surface area contributed by atoms with E-state index in [1.807, 2.05) is 42.6 Å². The van der Waals surface area contributed by atoms with Crippen molar-refractivity contribution in [3.05, 3.63) is 57.4 Å². The van der Waals surface area contributed by atoms with Crippen LogP contribution in [0, 0.1) is 6.92 Å². The first-order valence-electron chi connectivity index (χ1n) is 7.18. The van der Waals surface area contributed by atoms with E-state index in [4.69, 9.17) is 0 Å². The molecule has 0 saturated heterocycles. The van der Waals surface area contributed by atoms with Crippen molar-refractivity contribution in [3.63, 3.8) is 0 Å². The lowest BCUT2D eigenvalue weighted by Gasteiger charge is -2.05. The lowest BCUT2D eigenvalue weighted by molar-refractivity contribution is -0.120. The number of hydrogen-bond donors (Lipinski definition) is 3. The molecule has 23 heavy (non-hydrogen) atoms. The Morgan fingerprint density at radius 2 is 2.13 bits per heavy atom. The second-order valence-corrected chi connectivity index (χ2v) is 6.40. The minimum atomic E-state index is -1.03. The van der Waals surface area contributed by atoms with Crippen molar-refractivity contribution in [1.82, 2.24) is 10.3 Å². The summed E-state index contributed by atoms with van der Waals surface area (Å²) >= 11 is 1.53. The van der Waals surface area contributed by atoms with Crippen molar-refractivity contribution >= 4 is 34.1 Å². The third kappa shape index (κ3) is 3.27. The first-order chi connectivity index (χ1) is 11.0. The highest BCUT2D eigenvalue weighted by atomic mass is 32.1. The minimum Gasteiger partial charge on any atom is -0.477 e. The molecular weight excluding hydrogens is 312 g/mol. The zero-order valence-corrected chi connectivity index (χ0v) is 13.4. The third-order valence-electron chi connectivity index (χ3n) is 3.65. The number of hydrogen-bond acceptors (Lipinski definition) is 3. The van der Waals surface area contributed by atoms with Gasteiger partial charge in [0.2, 0.25) is 5.91 Å². The average molecular weight is 328 g/mol. The van der Waals surface area contributed by atoms with Crippen LogP contribution in [0.5, 0.6) is 0 Å². The second kappa shape index (κ2) is 6.26. The number of thiophene rings is 1. The number of H-pyrrole nitrogens is 1. The number of nitrogens with one attached hydrogen (secondary N) is 2. The van der Waals surface area contributed by atoms with Crippen LogP contribution in [0.1, 0.15) is 26.5 Å². The summed E-state index contributed by atoms with van der Waals surface area (Å²) in [5.74, 6) is -1.15. The normalized spacial score (nSPS) is 10.8. The van der Waals surface area contributed by atoms with E-state index in [1.54, 1.807) is 0 Å². The lowest BCUT2D eigenvalue weighted by Crippen LogP contribution is -2.25. The van der Waals surface area contributed by atoms with E-state index >= 15 is 0 Å². The molecule has 0 bridgehead atoms. The molecule has 0 atom stereocenters. The number of aromatic nitrogens is 1. The molecule has 0 radical (unpaired) electrons. The summed E-state index contributed by atoms with van der Waals surface area (Å²) in [6, 6.07) is 9.51. The SMILES string of the molecule is Cc1ccc2[nH]c(C(=O)O)c(CNC(=O)Cc3cccs3)c2c1. The van der Waals surface area contributed by atoms with Crippen LogP contribution in [0.3, 0.4) is 0 Å². The van der Waals surface area contributed by atoms with E-state index in [0.717, 1.165) is 21.3 Å². The number of carboxylic acid groups (broad SMARTS) is 1. The number of aryl methyl sites for hydroxylation is 1. The van der Waals surface area contributed by atoms with E-state index in [1.165, 1.54) is 11.3 Å². The quantitative estimate of drug-likeness (QED) is 0.673. The summed E-state index contributed by atoms with van der Waals surface area (Å²) in [6.45, 7) is 2.14. The zero-order valence-electron chi connectivity index (χ0n) is 12.6. The molecule has 0 aliphatic heterocycles. The van der Waals surface area contributed by atoms with Gasteiger partial charge in [-0.3, -0.25) is 4.79 Å². The fourth-order valence-corrected chi connectivity index (χ4v) is 3.25. The second-order valence-electron chi connectivity index (χ2n) is 5.37. The number of fused-ring (bicyclic) bond motifs is 1. The van der Waals surface area contributed by atoms with Crippen LogP contribution in [0.4, 0.5) is 0 Å². The molecule has 1 aromatic carbocycles. The number of benzene rings is 1. The Morgan fingerprint density at radius 1 is 1.30 bits per heavy atom. The van der Waals surface area contributed by atoms with E-state index in [-0.39, 0.29) is 18.1 Å². The van der Waals surface area contributed by atoms with Crippen LogP contribution >= 0.6 is 11.3 Å². The van der Waals surface area contributed by atoms with Gasteiger partial charge in [-0.15, -0.1) is 11.3 Å². The third-order valence-corrected chi connectivity index (χ3v) is 4.53. The van der Waals surface area contributed by atoms with Crippen molar-refractivity contribution in [2.24, 2.45) is 0 Å². The topological polar surface area (TPSA) is 82.2 Å². The zero-order chi connectivity index (χ0) is 16.4. The molecule has 3 rings (SSSR count).